The fourth-order valence-electron chi connectivity index (χ4n) is 2.91. The van der Waals surface area contributed by atoms with Gasteiger partial charge in [0.25, 0.3) is 5.69 Å². The molecule has 1 aliphatic rings. The zero-order chi connectivity index (χ0) is 14.7. The van der Waals surface area contributed by atoms with Crippen molar-refractivity contribution in [3.63, 3.8) is 0 Å². The van der Waals surface area contributed by atoms with E-state index < -0.39 is 10.7 Å². The minimum absolute atomic E-state index is 0.130. The molecule has 2 atom stereocenters. The number of carbonyl (C=O) groups excluding carboxylic acids is 1. The zero-order valence-electron chi connectivity index (χ0n) is 11.5. The zero-order valence-corrected chi connectivity index (χ0v) is 11.5. The molecule has 4 nitrogen and oxygen atoms in total. The maximum atomic E-state index is 13.4. The fourth-order valence-corrected chi connectivity index (χ4v) is 2.91. The highest BCUT2D eigenvalue weighted by Gasteiger charge is 2.28. The molecule has 1 aliphatic carbocycles. The molecular formula is C15H18FNO3. The summed E-state index contributed by atoms with van der Waals surface area (Å²) in [4.78, 5) is 22.1. The van der Waals surface area contributed by atoms with Crippen molar-refractivity contribution in [1.82, 2.24) is 0 Å². The van der Waals surface area contributed by atoms with Gasteiger partial charge in [0.15, 0.2) is 0 Å². The second kappa shape index (κ2) is 6.11. The number of halogens is 1. The Morgan fingerprint density at radius 3 is 2.80 bits per heavy atom. The lowest BCUT2D eigenvalue weighted by molar-refractivity contribution is -0.385. The van der Waals surface area contributed by atoms with Gasteiger partial charge in [-0.15, -0.1) is 0 Å². The summed E-state index contributed by atoms with van der Waals surface area (Å²) in [5, 5.41) is 10.7. The fraction of sp³-hybridized carbons (Fsp3) is 0.533. The van der Waals surface area contributed by atoms with Gasteiger partial charge in [0.1, 0.15) is 11.6 Å². The summed E-state index contributed by atoms with van der Waals surface area (Å²) in [5.74, 6) is -0.0255. The Kier molecular flexibility index (Phi) is 4.47. The molecule has 1 fully saturated rings. The number of hydrogen-bond acceptors (Lipinski definition) is 3. The number of non-ortho nitro benzene ring substituents is 1. The summed E-state index contributed by atoms with van der Waals surface area (Å²) in [5.41, 5.74) is 0.280. The van der Waals surface area contributed by atoms with Crippen LogP contribution in [0.2, 0.25) is 0 Å². The molecule has 1 saturated carbocycles. The maximum Gasteiger partial charge on any atom is 0.272 e. The molecule has 0 saturated heterocycles. The molecule has 2 rings (SSSR count). The molecule has 0 aliphatic heterocycles. The van der Waals surface area contributed by atoms with E-state index in [1.165, 1.54) is 12.1 Å². The van der Waals surface area contributed by atoms with Crippen LogP contribution >= 0.6 is 0 Å². The molecule has 0 amide bonds. The summed E-state index contributed by atoms with van der Waals surface area (Å²) in [6, 6.07) is 3.56. The Bertz CT molecular complexity index is 530. The third-order valence-corrected chi connectivity index (χ3v) is 4.08. The minimum atomic E-state index is -0.621. The van der Waals surface area contributed by atoms with Gasteiger partial charge in [0, 0.05) is 18.4 Å². The van der Waals surface area contributed by atoms with Crippen LogP contribution in [-0.2, 0) is 11.2 Å². The Morgan fingerprint density at radius 2 is 2.15 bits per heavy atom. The van der Waals surface area contributed by atoms with Gasteiger partial charge < -0.3 is 0 Å². The van der Waals surface area contributed by atoms with E-state index in [2.05, 4.69) is 6.92 Å². The SMILES string of the molecule is CCC1CCC(=O)C(Cc2cc(F)cc([N+](=O)[O-])c2)C1. The van der Waals surface area contributed by atoms with Gasteiger partial charge in [0.2, 0.25) is 0 Å². The molecule has 0 bridgehead atoms. The lowest BCUT2D eigenvalue weighted by Gasteiger charge is -2.27. The normalized spacial score (nSPS) is 22.8. The number of rotatable bonds is 4. The van der Waals surface area contributed by atoms with Crippen molar-refractivity contribution in [3.8, 4) is 0 Å². The topological polar surface area (TPSA) is 60.2 Å². The van der Waals surface area contributed by atoms with E-state index in [0.717, 1.165) is 25.3 Å². The number of ketones is 1. The first-order valence-electron chi connectivity index (χ1n) is 6.96. The second-order valence-electron chi connectivity index (χ2n) is 5.49. The molecule has 5 heteroatoms. The van der Waals surface area contributed by atoms with Crippen LogP contribution in [0.4, 0.5) is 10.1 Å². The van der Waals surface area contributed by atoms with Gasteiger partial charge >= 0.3 is 0 Å². The third-order valence-electron chi connectivity index (χ3n) is 4.08. The number of hydrogen-bond donors (Lipinski definition) is 0. The van der Waals surface area contributed by atoms with Gasteiger partial charge in [-0.1, -0.05) is 13.3 Å². The first kappa shape index (κ1) is 14.6. The molecular weight excluding hydrogens is 261 g/mol. The third kappa shape index (κ3) is 3.40. The molecule has 0 aromatic heterocycles. The summed E-state index contributed by atoms with van der Waals surface area (Å²) >= 11 is 0. The van der Waals surface area contributed by atoms with E-state index in [9.17, 15) is 19.3 Å². The van der Waals surface area contributed by atoms with Crippen molar-refractivity contribution < 1.29 is 14.1 Å². The first-order valence-corrected chi connectivity index (χ1v) is 6.96. The van der Waals surface area contributed by atoms with E-state index in [1.807, 2.05) is 0 Å². The Morgan fingerprint density at radius 1 is 1.40 bits per heavy atom. The molecule has 2 unspecified atom stereocenters. The average molecular weight is 279 g/mol. The van der Waals surface area contributed by atoms with Crippen molar-refractivity contribution in [2.45, 2.75) is 39.0 Å². The van der Waals surface area contributed by atoms with Gasteiger partial charge in [-0.2, -0.15) is 0 Å². The van der Waals surface area contributed by atoms with Crippen molar-refractivity contribution in [3.05, 3.63) is 39.7 Å². The lowest BCUT2D eigenvalue weighted by atomic mass is 9.77. The van der Waals surface area contributed by atoms with Crippen molar-refractivity contribution in [1.29, 1.82) is 0 Å². The van der Waals surface area contributed by atoms with Crippen molar-refractivity contribution in [2.75, 3.05) is 0 Å². The number of nitrogens with zero attached hydrogens (tertiary/aromatic N) is 1. The van der Waals surface area contributed by atoms with E-state index in [4.69, 9.17) is 0 Å². The first-order chi connectivity index (χ1) is 9.49. The molecule has 0 spiro atoms. The van der Waals surface area contributed by atoms with Gasteiger partial charge in [-0.3, -0.25) is 14.9 Å². The van der Waals surface area contributed by atoms with E-state index in [-0.39, 0.29) is 17.4 Å². The van der Waals surface area contributed by atoms with Gasteiger partial charge in [-0.25, -0.2) is 4.39 Å². The molecule has 0 heterocycles. The molecule has 20 heavy (non-hydrogen) atoms. The van der Waals surface area contributed by atoms with Gasteiger partial charge in [-0.05, 0) is 36.8 Å². The number of benzene rings is 1. The largest absolute Gasteiger partial charge is 0.299 e. The maximum absolute atomic E-state index is 13.4. The Hall–Kier alpha value is -1.78. The molecule has 1 aromatic rings. The number of nitro benzene ring substituents is 1. The monoisotopic (exact) mass is 279 g/mol. The minimum Gasteiger partial charge on any atom is -0.299 e. The van der Waals surface area contributed by atoms with E-state index in [1.54, 1.807) is 0 Å². The van der Waals surface area contributed by atoms with Crippen LogP contribution < -0.4 is 0 Å². The Balaban J connectivity index is 2.16. The molecule has 0 radical (unpaired) electrons. The predicted octanol–water partition coefficient (Wildman–Crippen LogP) is 3.67. The molecule has 0 N–H and O–H groups in total. The lowest BCUT2D eigenvalue weighted by Crippen LogP contribution is -2.26. The highest BCUT2D eigenvalue weighted by atomic mass is 19.1. The Labute approximate surface area is 117 Å². The summed E-state index contributed by atoms with van der Waals surface area (Å²) in [7, 11) is 0. The quantitative estimate of drug-likeness (QED) is 0.624. The van der Waals surface area contributed by atoms with Crippen LogP contribution in [0.3, 0.4) is 0 Å². The van der Waals surface area contributed by atoms with E-state index >= 15 is 0 Å². The van der Waals surface area contributed by atoms with Crippen LogP contribution in [-0.4, -0.2) is 10.7 Å². The standard InChI is InChI=1S/C15H18FNO3/c1-2-10-3-4-15(18)12(5-10)6-11-7-13(16)9-14(8-11)17(19)20/h7-10,12H,2-6H2,1H3. The average Bonchev–Trinajstić information content (AvgIpc) is 2.40. The van der Waals surface area contributed by atoms with E-state index in [0.29, 0.717) is 24.3 Å². The number of Topliss-reactive ketones (excluding diaryl/α,β-unsaturated/α-hetero) is 1. The predicted molar refractivity (Wildman–Crippen MR) is 72.9 cm³/mol. The van der Waals surface area contributed by atoms with Crippen LogP contribution in [0.15, 0.2) is 18.2 Å². The van der Waals surface area contributed by atoms with Crippen LogP contribution in [0.25, 0.3) is 0 Å². The number of carbonyl (C=O) groups is 1. The smallest absolute Gasteiger partial charge is 0.272 e. The summed E-state index contributed by atoms with van der Waals surface area (Å²) in [6.07, 6.45) is 3.73. The van der Waals surface area contributed by atoms with Crippen LogP contribution in [0, 0.1) is 27.8 Å². The second-order valence-corrected chi connectivity index (χ2v) is 5.49. The van der Waals surface area contributed by atoms with Crippen molar-refractivity contribution in [2.24, 2.45) is 11.8 Å². The highest BCUT2D eigenvalue weighted by molar-refractivity contribution is 5.82. The molecule has 108 valence electrons. The summed E-state index contributed by atoms with van der Waals surface area (Å²) in [6.45, 7) is 2.10. The molecule has 1 aromatic carbocycles. The van der Waals surface area contributed by atoms with Crippen molar-refractivity contribution >= 4 is 11.5 Å². The van der Waals surface area contributed by atoms with Gasteiger partial charge in [0.05, 0.1) is 11.0 Å². The highest BCUT2D eigenvalue weighted by Crippen LogP contribution is 2.31. The number of nitro groups is 1. The van der Waals surface area contributed by atoms with Crippen LogP contribution in [0.5, 0.6) is 0 Å². The summed E-state index contributed by atoms with van der Waals surface area (Å²) < 4.78 is 13.4. The van der Waals surface area contributed by atoms with Crippen LogP contribution in [0.1, 0.15) is 38.2 Å².